The van der Waals surface area contributed by atoms with Crippen molar-refractivity contribution < 1.29 is 0 Å². The van der Waals surface area contributed by atoms with Crippen molar-refractivity contribution in [1.29, 1.82) is 0 Å². The van der Waals surface area contributed by atoms with Crippen LogP contribution < -0.4 is 11.1 Å². The molecule has 0 bridgehead atoms. The summed E-state index contributed by atoms with van der Waals surface area (Å²) in [5, 5.41) is 3.50. The minimum Gasteiger partial charge on any atom is -0.389 e. The van der Waals surface area contributed by atoms with E-state index in [-0.39, 0.29) is 0 Å². The van der Waals surface area contributed by atoms with E-state index in [1.54, 1.807) is 0 Å². The third-order valence-corrected chi connectivity index (χ3v) is 4.07. The first-order chi connectivity index (χ1) is 9.56. The first-order valence-corrected chi connectivity index (χ1v) is 7.84. The summed E-state index contributed by atoms with van der Waals surface area (Å²) in [5.41, 5.74) is 8.99. The summed E-state index contributed by atoms with van der Waals surface area (Å²) in [6, 6.07) is 6.22. The summed E-state index contributed by atoms with van der Waals surface area (Å²) in [5.74, 6) is 0.619. The van der Waals surface area contributed by atoms with Crippen LogP contribution in [0.5, 0.6) is 0 Å². The maximum Gasteiger partial charge on any atom is 0.106 e. The highest BCUT2D eigenvalue weighted by Gasteiger charge is 2.15. The van der Waals surface area contributed by atoms with Gasteiger partial charge in [-0.25, -0.2) is 0 Å². The Bertz CT molecular complexity index is 467. The van der Waals surface area contributed by atoms with Crippen molar-refractivity contribution in [3.05, 3.63) is 29.3 Å². The molecule has 1 aliphatic heterocycles. The molecule has 0 spiro atoms. The van der Waals surface area contributed by atoms with Crippen molar-refractivity contribution in [3.8, 4) is 0 Å². The summed E-state index contributed by atoms with van der Waals surface area (Å²) >= 11 is 5.13. The van der Waals surface area contributed by atoms with E-state index in [4.69, 9.17) is 18.0 Å². The molecular weight excluding hydrogens is 266 g/mol. The molecule has 0 aromatic heterocycles. The van der Waals surface area contributed by atoms with Crippen molar-refractivity contribution in [2.75, 3.05) is 31.5 Å². The SMILES string of the molecule is Cc1ccc(NCC(C)CN2CCCC2)c(C(N)=S)c1. The molecule has 0 aliphatic carbocycles. The number of nitrogens with one attached hydrogen (secondary N) is 1. The summed E-state index contributed by atoms with van der Waals surface area (Å²) < 4.78 is 0. The molecule has 1 unspecified atom stereocenters. The fourth-order valence-electron chi connectivity index (χ4n) is 2.77. The highest BCUT2D eigenvalue weighted by molar-refractivity contribution is 7.80. The Morgan fingerprint density at radius 2 is 2.10 bits per heavy atom. The molecule has 1 atom stereocenters. The number of nitrogens with two attached hydrogens (primary N) is 1. The molecule has 3 nitrogen and oxygen atoms in total. The van der Waals surface area contributed by atoms with Crippen LogP contribution >= 0.6 is 12.2 Å². The molecule has 1 fully saturated rings. The number of thiocarbonyl (C=S) groups is 1. The number of rotatable bonds is 6. The second-order valence-electron chi connectivity index (χ2n) is 5.91. The second-order valence-corrected chi connectivity index (χ2v) is 6.35. The summed E-state index contributed by atoms with van der Waals surface area (Å²) in [7, 11) is 0. The van der Waals surface area contributed by atoms with E-state index in [1.165, 1.54) is 38.0 Å². The van der Waals surface area contributed by atoms with Gasteiger partial charge in [0.2, 0.25) is 0 Å². The van der Waals surface area contributed by atoms with E-state index >= 15 is 0 Å². The van der Waals surface area contributed by atoms with Crippen LogP contribution in [0.4, 0.5) is 5.69 Å². The number of hydrogen-bond acceptors (Lipinski definition) is 3. The zero-order valence-corrected chi connectivity index (χ0v) is 13.3. The summed E-state index contributed by atoms with van der Waals surface area (Å²) in [4.78, 5) is 3.01. The first-order valence-electron chi connectivity index (χ1n) is 7.43. The molecule has 1 aromatic carbocycles. The lowest BCUT2D eigenvalue weighted by Crippen LogP contribution is -2.29. The van der Waals surface area contributed by atoms with Crippen LogP contribution in [0.25, 0.3) is 0 Å². The highest BCUT2D eigenvalue weighted by atomic mass is 32.1. The minimum atomic E-state index is 0.461. The van der Waals surface area contributed by atoms with Gasteiger partial charge in [0.15, 0.2) is 0 Å². The zero-order valence-electron chi connectivity index (χ0n) is 12.5. The van der Waals surface area contributed by atoms with E-state index in [1.807, 2.05) is 0 Å². The minimum absolute atomic E-state index is 0.461. The van der Waals surface area contributed by atoms with Gasteiger partial charge in [-0.15, -0.1) is 0 Å². The number of hydrogen-bond donors (Lipinski definition) is 2. The predicted molar refractivity (Wildman–Crippen MR) is 90.4 cm³/mol. The Kier molecular flexibility index (Phi) is 5.38. The molecular formula is C16H25N3S. The van der Waals surface area contributed by atoms with E-state index in [2.05, 4.69) is 42.3 Å². The van der Waals surface area contributed by atoms with Gasteiger partial charge in [0.25, 0.3) is 0 Å². The number of nitrogens with zero attached hydrogens (tertiary/aromatic N) is 1. The molecule has 2 rings (SSSR count). The third kappa shape index (κ3) is 4.18. The molecule has 0 amide bonds. The molecule has 1 aromatic rings. The van der Waals surface area contributed by atoms with Gasteiger partial charge in [0.1, 0.15) is 4.99 Å². The normalized spacial score (nSPS) is 17.1. The molecule has 1 heterocycles. The maximum absolute atomic E-state index is 5.81. The Morgan fingerprint density at radius 3 is 2.75 bits per heavy atom. The van der Waals surface area contributed by atoms with Gasteiger partial charge in [0.05, 0.1) is 0 Å². The lowest BCUT2D eigenvalue weighted by molar-refractivity contribution is 0.294. The average molecular weight is 291 g/mol. The summed E-state index contributed by atoms with van der Waals surface area (Å²) in [6.07, 6.45) is 2.70. The molecule has 20 heavy (non-hydrogen) atoms. The number of anilines is 1. The third-order valence-electron chi connectivity index (χ3n) is 3.85. The monoisotopic (exact) mass is 291 g/mol. The van der Waals surface area contributed by atoms with Crippen LogP contribution in [0.2, 0.25) is 0 Å². The van der Waals surface area contributed by atoms with Gasteiger partial charge >= 0.3 is 0 Å². The molecule has 4 heteroatoms. The van der Waals surface area contributed by atoms with Crippen LogP contribution in [0.3, 0.4) is 0 Å². The van der Waals surface area contributed by atoms with Crippen LogP contribution in [-0.4, -0.2) is 36.1 Å². The van der Waals surface area contributed by atoms with Gasteiger partial charge < -0.3 is 16.0 Å². The van der Waals surface area contributed by atoms with Crippen molar-refractivity contribution in [1.82, 2.24) is 4.90 Å². The number of benzene rings is 1. The molecule has 110 valence electrons. The van der Waals surface area contributed by atoms with E-state index in [0.29, 0.717) is 10.9 Å². The highest BCUT2D eigenvalue weighted by Crippen LogP contribution is 2.18. The van der Waals surface area contributed by atoms with Crippen molar-refractivity contribution in [2.24, 2.45) is 11.7 Å². The molecule has 1 aliphatic rings. The summed E-state index contributed by atoms with van der Waals surface area (Å²) in [6.45, 7) is 8.98. The smallest absolute Gasteiger partial charge is 0.106 e. The lowest BCUT2D eigenvalue weighted by Gasteiger charge is -2.21. The molecule has 0 saturated carbocycles. The Hall–Kier alpha value is -1.13. The Labute approximate surface area is 127 Å². The van der Waals surface area contributed by atoms with Gasteiger partial charge in [-0.05, 0) is 50.9 Å². The lowest BCUT2D eigenvalue weighted by atomic mass is 10.1. The number of likely N-dealkylation sites (tertiary alicyclic amines) is 1. The van der Waals surface area contributed by atoms with Gasteiger partial charge in [-0.2, -0.15) is 0 Å². The van der Waals surface area contributed by atoms with Crippen molar-refractivity contribution in [3.63, 3.8) is 0 Å². The first kappa shape index (κ1) is 15.3. The van der Waals surface area contributed by atoms with Crippen LogP contribution in [0.1, 0.15) is 30.9 Å². The zero-order chi connectivity index (χ0) is 14.5. The van der Waals surface area contributed by atoms with E-state index < -0.39 is 0 Å². The van der Waals surface area contributed by atoms with Crippen molar-refractivity contribution in [2.45, 2.75) is 26.7 Å². The Morgan fingerprint density at radius 1 is 1.40 bits per heavy atom. The maximum atomic E-state index is 5.81. The van der Waals surface area contributed by atoms with E-state index in [9.17, 15) is 0 Å². The largest absolute Gasteiger partial charge is 0.389 e. The standard InChI is InChI=1S/C16H25N3S/c1-12-5-6-15(14(9-12)16(17)20)18-10-13(2)11-19-7-3-4-8-19/h5-6,9,13,18H,3-4,7-8,10-11H2,1-2H3,(H2,17,20). The van der Waals surface area contributed by atoms with Gasteiger partial charge in [0, 0.05) is 24.3 Å². The molecule has 1 saturated heterocycles. The molecule has 3 N–H and O–H groups in total. The number of aryl methyl sites for hydroxylation is 1. The van der Waals surface area contributed by atoms with Crippen molar-refractivity contribution >= 4 is 22.9 Å². The molecule has 0 radical (unpaired) electrons. The quantitative estimate of drug-likeness (QED) is 0.791. The van der Waals surface area contributed by atoms with Crippen LogP contribution in [0.15, 0.2) is 18.2 Å². The van der Waals surface area contributed by atoms with Gasteiger partial charge in [-0.1, -0.05) is 30.8 Å². The van der Waals surface area contributed by atoms with Gasteiger partial charge in [-0.3, -0.25) is 0 Å². The fourth-order valence-corrected chi connectivity index (χ4v) is 2.94. The fraction of sp³-hybridized carbons (Fsp3) is 0.562. The predicted octanol–water partition coefficient (Wildman–Crippen LogP) is 2.77. The Balaban J connectivity index is 1.91. The average Bonchev–Trinajstić information content (AvgIpc) is 2.90. The van der Waals surface area contributed by atoms with E-state index in [0.717, 1.165) is 17.8 Å². The second kappa shape index (κ2) is 7.04. The van der Waals surface area contributed by atoms with Crippen LogP contribution in [-0.2, 0) is 0 Å². The topological polar surface area (TPSA) is 41.3 Å². The van der Waals surface area contributed by atoms with Crippen LogP contribution in [0, 0.1) is 12.8 Å².